The second-order valence-electron chi connectivity index (χ2n) is 7.75. The first-order valence-corrected chi connectivity index (χ1v) is 12.4. The zero-order valence-electron chi connectivity index (χ0n) is 20.1. The van der Waals surface area contributed by atoms with Crippen LogP contribution in [0.15, 0.2) is 38.7 Å². The summed E-state index contributed by atoms with van der Waals surface area (Å²) in [5.41, 5.74) is 3.43. The van der Waals surface area contributed by atoms with Crippen LogP contribution in [0, 0.1) is 0 Å². The Hall–Kier alpha value is -2.94. The van der Waals surface area contributed by atoms with Gasteiger partial charge in [-0.1, -0.05) is 0 Å². The Kier molecular flexibility index (Phi) is 11.1. The summed E-state index contributed by atoms with van der Waals surface area (Å²) in [6, 6.07) is 4.06. The van der Waals surface area contributed by atoms with Crippen LogP contribution in [0.5, 0.6) is 5.75 Å². The lowest BCUT2D eigenvalue weighted by atomic mass is 10.1. The molecule has 15 heteroatoms. The third-order valence-electron chi connectivity index (χ3n) is 4.91. The van der Waals surface area contributed by atoms with E-state index in [1.807, 2.05) is 23.7 Å². The van der Waals surface area contributed by atoms with Crippen molar-refractivity contribution in [3.8, 4) is 5.75 Å². The van der Waals surface area contributed by atoms with Crippen LogP contribution in [0.4, 0.5) is 13.2 Å². The third-order valence-corrected chi connectivity index (χ3v) is 6.09. The summed E-state index contributed by atoms with van der Waals surface area (Å²) >= 11 is 7.17. The molecule has 0 radical (unpaired) electrons. The predicted molar refractivity (Wildman–Crippen MR) is 136 cm³/mol. The summed E-state index contributed by atoms with van der Waals surface area (Å²) in [5, 5.41) is 7.12. The van der Waals surface area contributed by atoms with E-state index in [-0.39, 0.29) is 5.91 Å². The Bertz CT molecular complexity index is 1290. The van der Waals surface area contributed by atoms with Crippen molar-refractivity contribution >= 4 is 54.9 Å². The highest BCUT2D eigenvalue weighted by atomic mass is 79.9. The Morgan fingerprint density at radius 2 is 1.86 bits per heavy atom. The van der Waals surface area contributed by atoms with Gasteiger partial charge in [0.1, 0.15) is 11.3 Å². The van der Waals surface area contributed by atoms with Gasteiger partial charge in [0.2, 0.25) is 5.91 Å². The van der Waals surface area contributed by atoms with E-state index in [1.54, 1.807) is 31.5 Å². The molecule has 0 aliphatic heterocycles. The van der Waals surface area contributed by atoms with Crippen LogP contribution in [0.1, 0.15) is 18.9 Å². The maximum absolute atomic E-state index is 11.4. The number of ether oxygens (including phenoxy) is 1. The molecular formula is C22H25Br2F3N6O4. The maximum atomic E-state index is 11.4. The highest BCUT2D eigenvalue weighted by Crippen LogP contribution is 2.35. The summed E-state index contributed by atoms with van der Waals surface area (Å²) < 4.78 is 41.3. The van der Waals surface area contributed by atoms with Gasteiger partial charge in [-0.05, 0) is 56.0 Å². The lowest BCUT2D eigenvalue weighted by molar-refractivity contribution is -0.192. The van der Waals surface area contributed by atoms with Gasteiger partial charge in [0.05, 0.1) is 28.2 Å². The number of rotatable bonds is 8. The molecule has 0 saturated carbocycles. The van der Waals surface area contributed by atoms with Gasteiger partial charge < -0.3 is 24.3 Å². The Morgan fingerprint density at radius 3 is 2.43 bits per heavy atom. The summed E-state index contributed by atoms with van der Waals surface area (Å²) in [6.07, 6.45) is -0.202. The van der Waals surface area contributed by atoms with Crippen LogP contribution in [0.2, 0.25) is 0 Å². The zero-order valence-corrected chi connectivity index (χ0v) is 23.3. The second-order valence-corrected chi connectivity index (χ2v) is 9.45. The number of benzene rings is 1. The molecule has 2 aromatic heterocycles. The number of nitrogens with zero attached hydrogens (tertiary/aromatic N) is 5. The number of carbonyl (C=O) groups excluding carboxylic acids is 1. The molecule has 0 aliphatic carbocycles. The molecule has 37 heavy (non-hydrogen) atoms. The van der Waals surface area contributed by atoms with E-state index in [0.29, 0.717) is 25.2 Å². The topological polar surface area (TPSA) is 126 Å². The number of nitrogens with one attached hydrogen (secondary N) is 1. The van der Waals surface area contributed by atoms with Gasteiger partial charge in [0.15, 0.2) is 11.1 Å². The molecular weight excluding hydrogens is 629 g/mol. The van der Waals surface area contributed by atoms with Crippen LogP contribution >= 0.6 is 31.9 Å². The van der Waals surface area contributed by atoms with Gasteiger partial charge >= 0.3 is 12.1 Å². The maximum Gasteiger partial charge on any atom is 0.490 e. The molecule has 0 fully saturated rings. The van der Waals surface area contributed by atoms with E-state index in [1.165, 1.54) is 0 Å². The van der Waals surface area contributed by atoms with E-state index in [9.17, 15) is 18.0 Å². The second kappa shape index (κ2) is 13.6. The molecule has 0 aliphatic rings. The number of aryl methyl sites for hydroxylation is 1. The van der Waals surface area contributed by atoms with Gasteiger partial charge in [-0.25, -0.2) is 14.8 Å². The molecule has 202 valence electrons. The molecule has 0 atom stereocenters. The average molecular weight is 654 g/mol. The van der Waals surface area contributed by atoms with Gasteiger partial charge in [-0.2, -0.15) is 13.2 Å². The number of aromatic amines is 1. The molecule has 2 N–H and O–H groups in total. The van der Waals surface area contributed by atoms with Crippen molar-refractivity contribution < 1.29 is 32.6 Å². The molecule has 10 nitrogen and oxygen atoms in total. The van der Waals surface area contributed by atoms with Crippen molar-refractivity contribution in [2.75, 3.05) is 26.7 Å². The minimum atomic E-state index is -5.08. The van der Waals surface area contributed by atoms with Crippen molar-refractivity contribution in [2.24, 2.45) is 12.0 Å². The Labute approximate surface area is 226 Å². The van der Waals surface area contributed by atoms with E-state index in [2.05, 4.69) is 51.8 Å². The number of alkyl halides is 3. The number of likely N-dealkylation sites (N-methyl/N-ethyl adjacent to an activating group) is 1. The molecule has 3 rings (SSSR count). The van der Waals surface area contributed by atoms with E-state index in [0.717, 1.165) is 44.3 Å². The number of halogens is 5. The average Bonchev–Trinajstić information content (AvgIpc) is 3.31. The van der Waals surface area contributed by atoms with Gasteiger partial charge in [0, 0.05) is 40.5 Å². The van der Waals surface area contributed by atoms with Crippen LogP contribution < -0.4 is 10.2 Å². The number of aliphatic carboxylic acids is 1. The quantitative estimate of drug-likeness (QED) is 0.356. The van der Waals surface area contributed by atoms with Crippen LogP contribution in [0.25, 0.3) is 11.2 Å². The smallest absolute Gasteiger partial charge is 0.490 e. The number of fused-ring (bicyclic) bond motifs is 1. The predicted octanol–water partition coefficient (Wildman–Crippen LogP) is 3.85. The minimum absolute atomic E-state index is 0.0614. The largest absolute Gasteiger partial charge is 0.491 e. The van der Waals surface area contributed by atoms with Crippen LogP contribution in [-0.4, -0.2) is 74.3 Å². The first-order chi connectivity index (χ1) is 17.3. The molecule has 0 spiro atoms. The minimum Gasteiger partial charge on any atom is -0.491 e. The summed E-state index contributed by atoms with van der Waals surface area (Å²) in [7, 11) is 3.70. The zero-order chi connectivity index (χ0) is 27.8. The molecule has 1 aromatic carbocycles. The van der Waals surface area contributed by atoms with E-state index >= 15 is 0 Å². The fraction of sp³-hybridized carbons (Fsp3) is 0.409. The lowest BCUT2D eigenvalue weighted by Crippen LogP contribution is -2.26. The number of carboxylic acids is 1. The molecule has 3 aromatic rings. The van der Waals surface area contributed by atoms with Gasteiger partial charge in [0.25, 0.3) is 0 Å². The normalized spacial score (nSPS) is 11.7. The van der Waals surface area contributed by atoms with Crippen molar-refractivity contribution in [3.05, 3.63) is 44.8 Å². The number of aromatic nitrogens is 4. The molecule has 0 bridgehead atoms. The Balaban J connectivity index is 0.000000604. The van der Waals surface area contributed by atoms with Crippen LogP contribution in [0.3, 0.4) is 0 Å². The molecule has 0 saturated heterocycles. The first-order valence-electron chi connectivity index (χ1n) is 10.8. The SMILES string of the molecule is CC(=O)N(C)CCc1cc(Br)c(OCCCN=c2ncn(C)c3nc[nH]c23)c(Br)c1.O=C(O)C(F)(F)F. The number of H-pyrrole nitrogens is 1. The lowest BCUT2D eigenvalue weighted by Gasteiger charge is -2.16. The number of hydrogen-bond acceptors (Lipinski definition) is 6. The van der Waals surface area contributed by atoms with E-state index < -0.39 is 12.1 Å². The standard InChI is InChI=1S/C20H24Br2N6O2.C2HF3O2/c1-13(29)27(2)7-5-14-9-15(21)18(16(22)10-14)30-8-4-6-23-19-17-20(25-11-24-17)28(3)12-26-19;3-2(4,5)1(6)7/h9-12H,4-8H2,1-3H3,(H,24,25);(H,6,7). The molecule has 2 heterocycles. The molecule has 1 amide bonds. The van der Waals surface area contributed by atoms with E-state index in [4.69, 9.17) is 14.6 Å². The summed E-state index contributed by atoms with van der Waals surface area (Å²) in [6.45, 7) is 3.37. The van der Waals surface area contributed by atoms with Gasteiger partial charge in [-0.15, -0.1) is 0 Å². The number of carbonyl (C=O) groups is 2. The monoisotopic (exact) mass is 652 g/mol. The highest BCUT2D eigenvalue weighted by Gasteiger charge is 2.38. The first kappa shape index (κ1) is 30.3. The van der Waals surface area contributed by atoms with Crippen molar-refractivity contribution in [3.63, 3.8) is 0 Å². The van der Waals surface area contributed by atoms with Crippen LogP contribution in [-0.2, 0) is 23.1 Å². The fourth-order valence-corrected chi connectivity index (χ4v) is 4.38. The number of amides is 1. The molecule has 0 unspecified atom stereocenters. The van der Waals surface area contributed by atoms with Gasteiger partial charge in [-0.3, -0.25) is 9.79 Å². The fourth-order valence-electron chi connectivity index (χ4n) is 2.87. The Morgan fingerprint density at radius 1 is 1.24 bits per heavy atom. The number of hydrogen-bond donors (Lipinski definition) is 2. The van der Waals surface area contributed by atoms with Crippen molar-refractivity contribution in [1.82, 2.24) is 24.4 Å². The summed E-state index contributed by atoms with van der Waals surface area (Å²) in [4.78, 5) is 38.2. The third kappa shape index (κ3) is 9.14. The van der Waals surface area contributed by atoms with Crippen molar-refractivity contribution in [2.45, 2.75) is 25.9 Å². The summed E-state index contributed by atoms with van der Waals surface area (Å²) in [5.74, 6) is -1.93. The number of carboxylic acid groups (broad SMARTS) is 1. The highest BCUT2D eigenvalue weighted by molar-refractivity contribution is 9.11. The number of imidazole rings is 1. The van der Waals surface area contributed by atoms with Crippen molar-refractivity contribution in [1.29, 1.82) is 0 Å².